The number of cyclic esters (lactones) is 1. The highest BCUT2D eigenvalue weighted by molar-refractivity contribution is 6.13. The van der Waals surface area contributed by atoms with Gasteiger partial charge in [-0.2, -0.15) is 0 Å². The van der Waals surface area contributed by atoms with E-state index in [1.54, 1.807) is 30.3 Å². The Labute approximate surface area is 146 Å². The zero-order valence-corrected chi connectivity index (χ0v) is 14.3. The molecule has 3 rings (SSSR count). The summed E-state index contributed by atoms with van der Waals surface area (Å²) in [5, 5.41) is 2.69. The smallest absolute Gasteiger partial charge is 0.363 e. The van der Waals surface area contributed by atoms with Gasteiger partial charge in [-0.1, -0.05) is 29.3 Å². The van der Waals surface area contributed by atoms with E-state index in [9.17, 15) is 9.59 Å². The minimum absolute atomic E-state index is 0.131. The molecule has 1 amide bonds. The summed E-state index contributed by atoms with van der Waals surface area (Å²) in [5.74, 6) is -0.286. The van der Waals surface area contributed by atoms with Crippen molar-refractivity contribution in [2.75, 3.05) is 5.32 Å². The second-order valence-corrected chi connectivity index (χ2v) is 6.02. The predicted octanol–water partition coefficient (Wildman–Crippen LogP) is 3.61. The Bertz CT molecular complexity index is 889. The SMILES string of the molecule is CC(=O)Nc1ccc(/C=C2\N=C(c3cc(C)cc(C)c3)OC2=O)cc1. The molecular weight excluding hydrogens is 316 g/mol. The number of hydrogen-bond donors (Lipinski definition) is 1. The number of carbonyl (C=O) groups is 2. The first-order valence-electron chi connectivity index (χ1n) is 7.89. The van der Waals surface area contributed by atoms with Gasteiger partial charge in [0.05, 0.1) is 0 Å². The molecule has 0 aromatic heterocycles. The Balaban J connectivity index is 1.86. The predicted molar refractivity (Wildman–Crippen MR) is 97.3 cm³/mol. The van der Waals surface area contributed by atoms with E-state index in [1.807, 2.05) is 32.0 Å². The Morgan fingerprint density at radius 3 is 2.32 bits per heavy atom. The normalized spacial score (nSPS) is 15.1. The molecule has 0 bridgehead atoms. The molecule has 1 aliphatic rings. The lowest BCUT2D eigenvalue weighted by Gasteiger charge is -2.03. The molecule has 2 aromatic carbocycles. The van der Waals surface area contributed by atoms with Crippen molar-refractivity contribution in [3.63, 3.8) is 0 Å². The zero-order valence-electron chi connectivity index (χ0n) is 14.3. The number of carbonyl (C=O) groups excluding carboxylic acids is 2. The summed E-state index contributed by atoms with van der Waals surface area (Å²) >= 11 is 0. The number of benzene rings is 2. The first-order valence-corrected chi connectivity index (χ1v) is 7.89. The summed E-state index contributed by atoms with van der Waals surface area (Å²) in [7, 11) is 0. The van der Waals surface area contributed by atoms with Crippen LogP contribution >= 0.6 is 0 Å². The zero-order chi connectivity index (χ0) is 18.0. The van der Waals surface area contributed by atoms with E-state index in [4.69, 9.17) is 4.74 Å². The van der Waals surface area contributed by atoms with E-state index in [1.165, 1.54) is 6.92 Å². The van der Waals surface area contributed by atoms with Gasteiger partial charge in [0.25, 0.3) is 0 Å². The maximum atomic E-state index is 12.1. The van der Waals surface area contributed by atoms with Gasteiger partial charge >= 0.3 is 5.97 Å². The van der Waals surface area contributed by atoms with Crippen LogP contribution in [0, 0.1) is 13.8 Å². The molecule has 5 heteroatoms. The quantitative estimate of drug-likeness (QED) is 0.689. The number of anilines is 1. The van der Waals surface area contributed by atoms with Gasteiger partial charge in [0.1, 0.15) is 0 Å². The average Bonchev–Trinajstić information content (AvgIpc) is 2.89. The largest absolute Gasteiger partial charge is 0.402 e. The minimum Gasteiger partial charge on any atom is -0.402 e. The van der Waals surface area contributed by atoms with Gasteiger partial charge in [-0.15, -0.1) is 0 Å². The maximum Gasteiger partial charge on any atom is 0.363 e. The highest BCUT2D eigenvalue weighted by Crippen LogP contribution is 2.21. The van der Waals surface area contributed by atoms with Gasteiger partial charge in [0.2, 0.25) is 11.8 Å². The number of amides is 1. The third kappa shape index (κ3) is 4.01. The van der Waals surface area contributed by atoms with Crippen LogP contribution in [0.3, 0.4) is 0 Å². The van der Waals surface area contributed by atoms with Crippen molar-refractivity contribution < 1.29 is 14.3 Å². The van der Waals surface area contributed by atoms with E-state index in [0.717, 1.165) is 22.3 Å². The summed E-state index contributed by atoms with van der Waals surface area (Å²) < 4.78 is 5.30. The van der Waals surface area contributed by atoms with Crippen LogP contribution < -0.4 is 5.32 Å². The number of nitrogens with zero attached hydrogens (tertiary/aromatic N) is 1. The summed E-state index contributed by atoms with van der Waals surface area (Å²) in [6.07, 6.45) is 1.66. The molecule has 1 aliphatic heterocycles. The van der Waals surface area contributed by atoms with Crippen molar-refractivity contribution >= 4 is 29.5 Å². The highest BCUT2D eigenvalue weighted by atomic mass is 16.6. The molecule has 0 spiro atoms. The van der Waals surface area contributed by atoms with Gasteiger partial charge in [0.15, 0.2) is 5.70 Å². The second-order valence-electron chi connectivity index (χ2n) is 6.02. The number of rotatable bonds is 3. The second kappa shape index (κ2) is 6.73. The molecule has 0 fully saturated rings. The molecule has 126 valence electrons. The fourth-order valence-corrected chi connectivity index (χ4v) is 2.65. The third-order valence-corrected chi connectivity index (χ3v) is 3.62. The van der Waals surface area contributed by atoms with E-state index in [-0.39, 0.29) is 11.6 Å². The molecule has 0 atom stereocenters. The van der Waals surface area contributed by atoms with E-state index >= 15 is 0 Å². The standard InChI is InChI=1S/C20H18N2O3/c1-12-8-13(2)10-16(9-12)19-22-18(20(24)25-19)11-15-4-6-17(7-5-15)21-14(3)23/h4-11H,1-3H3,(H,21,23)/b18-11-. The van der Waals surface area contributed by atoms with E-state index in [0.29, 0.717) is 11.6 Å². The van der Waals surface area contributed by atoms with Crippen LogP contribution in [-0.4, -0.2) is 17.8 Å². The number of ether oxygens (including phenoxy) is 1. The summed E-state index contributed by atoms with van der Waals surface area (Å²) in [5.41, 5.74) is 4.70. The van der Waals surface area contributed by atoms with Crippen molar-refractivity contribution in [2.24, 2.45) is 4.99 Å². The number of aliphatic imine (C=N–C) groups is 1. The highest BCUT2D eigenvalue weighted by Gasteiger charge is 2.24. The van der Waals surface area contributed by atoms with Crippen molar-refractivity contribution in [1.29, 1.82) is 0 Å². The van der Waals surface area contributed by atoms with Crippen molar-refractivity contribution in [3.8, 4) is 0 Å². The fourth-order valence-electron chi connectivity index (χ4n) is 2.65. The van der Waals surface area contributed by atoms with Gasteiger partial charge in [-0.25, -0.2) is 9.79 Å². The molecule has 0 aliphatic carbocycles. The van der Waals surface area contributed by atoms with Gasteiger partial charge < -0.3 is 10.1 Å². The lowest BCUT2D eigenvalue weighted by atomic mass is 10.1. The molecular formula is C20H18N2O3. The molecule has 0 saturated carbocycles. The lowest BCUT2D eigenvalue weighted by Crippen LogP contribution is -2.06. The van der Waals surface area contributed by atoms with Crippen molar-refractivity contribution in [2.45, 2.75) is 20.8 Å². The molecule has 2 aromatic rings. The van der Waals surface area contributed by atoms with Crippen molar-refractivity contribution in [1.82, 2.24) is 0 Å². The lowest BCUT2D eigenvalue weighted by molar-refractivity contribution is -0.129. The maximum absolute atomic E-state index is 12.1. The Hall–Kier alpha value is -3.21. The molecule has 1 N–H and O–H groups in total. The van der Waals surface area contributed by atoms with Crippen LogP contribution in [0.15, 0.2) is 53.2 Å². The van der Waals surface area contributed by atoms with Gasteiger partial charge in [0, 0.05) is 18.2 Å². The minimum atomic E-state index is -0.472. The van der Waals surface area contributed by atoms with Crippen LogP contribution in [0.2, 0.25) is 0 Å². The van der Waals surface area contributed by atoms with E-state index < -0.39 is 5.97 Å². The Morgan fingerprint density at radius 2 is 1.72 bits per heavy atom. The van der Waals surface area contributed by atoms with Crippen LogP contribution in [0.5, 0.6) is 0 Å². The van der Waals surface area contributed by atoms with Crippen LogP contribution in [-0.2, 0) is 14.3 Å². The van der Waals surface area contributed by atoms with Crippen molar-refractivity contribution in [3.05, 3.63) is 70.4 Å². The summed E-state index contributed by atoms with van der Waals surface area (Å²) in [4.78, 5) is 27.4. The first-order chi connectivity index (χ1) is 11.9. The number of esters is 1. The Morgan fingerprint density at radius 1 is 1.08 bits per heavy atom. The number of aryl methyl sites for hydroxylation is 2. The van der Waals surface area contributed by atoms with Gasteiger partial charge in [-0.05, 0) is 49.8 Å². The molecule has 0 unspecified atom stereocenters. The molecule has 0 saturated heterocycles. The fraction of sp³-hybridized carbons (Fsp3) is 0.150. The summed E-state index contributed by atoms with van der Waals surface area (Å²) in [6.45, 7) is 5.43. The van der Waals surface area contributed by atoms with Crippen LogP contribution in [0.25, 0.3) is 6.08 Å². The average molecular weight is 334 g/mol. The Kier molecular flexibility index (Phi) is 4.48. The summed E-state index contributed by atoms with van der Waals surface area (Å²) in [6, 6.07) is 13.1. The van der Waals surface area contributed by atoms with Crippen LogP contribution in [0.4, 0.5) is 5.69 Å². The number of nitrogens with one attached hydrogen (secondary N) is 1. The third-order valence-electron chi connectivity index (χ3n) is 3.62. The molecule has 5 nitrogen and oxygen atoms in total. The topological polar surface area (TPSA) is 67.8 Å². The molecule has 1 heterocycles. The first kappa shape index (κ1) is 16.6. The van der Waals surface area contributed by atoms with Gasteiger partial charge in [-0.3, -0.25) is 4.79 Å². The van der Waals surface area contributed by atoms with Crippen LogP contribution in [0.1, 0.15) is 29.2 Å². The monoisotopic (exact) mass is 334 g/mol. The number of hydrogen-bond acceptors (Lipinski definition) is 4. The molecule has 25 heavy (non-hydrogen) atoms. The molecule has 0 radical (unpaired) electrons. The van der Waals surface area contributed by atoms with E-state index in [2.05, 4.69) is 10.3 Å².